The lowest BCUT2D eigenvalue weighted by Crippen LogP contribution is -2.25. The normalized spacial score (nSPS) is 12.1. The van der Waals surface area contributed by atoms with Crippen molar-refractivity contribution in [1.29, 1.82) is 0 Å². The number of halogens is 2. The lowest BCUT2D eigenvalue weighted by molar-refractivity contribution is 0.0499. The molecule has 0 fully saturated rings. The second kappa shape index (κ2) is 14.1. The summed E-state index contributed by atoms with van der Waals surface area (Å²) in [6.07, 6.45) is 6.99. The topological polar surface area (TPSA) is 122 Å². The molecule has 4 rings (SSSR count). The summed E-state index contributed by atoms with van der Waals surface area (Å²) in [6, 6.07) is 7.89. The number of phenolic OH excluding ortho intramolecular Hbond substituents is 2. The van der Waals surface area contributed by atoms with Crippen LogP contribution in [0.5, 0.6) is 17.2 Å². The van der Waals surface area contributed by atoms with Gasteiger partial charge in [0.2, 0.25) is 11.6 Å². The third-order valence-electron chi connectivity index (χ3n) is 7.25. The summed E-state index contributed by atoms with van der Waals surface area (Å²) in [5, 5.41) is 23.3. The molecule has 0 heterocycles. The van der Waals surface area contributed by atoms with Crippen molar-refractivity contribution >= 4 is 28.9 Å². The number of carbonyl (C=O) groups excluding carboxylic acids is 3. The van der Waals surface area contributed by atoms with E-state index in [0.717, 1.165) is 50.7 Å². The second-order valence-electron chi connectivity index (χ2n) is 10.4. The van der Waals surface area contributed by atoms with Crippen LogP contribution in [0, 0.1) is 11.6 Å². The fourth-order valence-electron chi connectivity index (χ4n) is 4.95. The smallest absolute Gasteiger partial charge is 0.338 e. The molecule has 8 nitrogen and oxygen atoms in total. The van der Waals surface area contributed by atoms with E-state index in [9.17, 15) is 24.6 Å². The number of hydrogen-bond donors (Lipinski definition) is 3. The summed E-state index contributed by atoms with van der Waals surface area (Å²) >= 11 is 0. The fourth-order valence-corrected chi connectivity index (χ4v) is 4.95. The fraction of sp³-hybridized carbons (Fsp3) is 0.364. The van der Waals surface area contributed by atoms with Crippen LogP contribution in [0.2, 0.25) is 0 Å². The lowest BCUT2D eigenvalue weighted by Gasteiger charge is -2.24. The highest BCUT2D eigenvalue weighted by Gasteiger charge is 2.41. The summed E-state index contributed by atoms with van der Waals surface area (Å²) in [5.41, 5.74) is -3.26. The number of benzene rings is 3. The number of carbonyl (C=O) groups is 3. The van der Waals surface area contributed by atoms with Gasteiger partial charge in [-0.05, 0) is 43.2 Å². The van der Waals surface area contributed by atoms with Crippen LogP contribution in [-0.4, -0.2) is 41.0 Å². The number of unbranched alkanes of at least 4 members (excludes halogenated alkanes) is 6. The molecule has 0 saturated carbocycles. The standard InChI is InChI=1S/C33H35F2NO7/c1-3-5-7-8-9-10-17-42-32-28(35)26-25(30(39)23-21(37)14-15-22(38)24(23)31(26)40)27(34)29(32)36-20-13-11-12-19(18-20)33(41)43-16-6-4-2/h11-15,18,36-38H,3-10,16-17H2,1-2H3. The molecular weight excluding hydrogens is 560 g/mol. The Bertz CT molecular complexity index is 1540. The van der Waals surface area contributed by atoms with Crippen LogP contribution in [0.15, 0.2) is 36.4 Å². The average Bonchev–Trinajstić information content (AvgIpc) is 2.99. The zero-order valence-electron chi connectivity index (χ0n) is 24.2. The molecule has 3 aromatic carbocycles. The van der Waals surface area contributed by atoms with Gasteiger partial charge in [-0.3, -0.25) is 9.59 Å². The van der Waals surface area contributed by atoms with E-state index in [1.165, 1.54) is 24.3 Å². The maximum absolute atomic E-state index is 16.3. The van der Waals surface area contributed by atoms with E-state index >= 15 is 8.78 Å². The molecule has 0 radical (unpaired) electrons. The number of ketones is 2. The SMILES string of the molecule is CCCCCCCCOc1c(F)c2c(c(F)c1Nc1cccc(C(=O)OCCCC)c1)C(=O)c1c(O)ccc(O)c1C2=O. The molecule has 3 N–H and O–H groups in total. The number of nitrogens with one attached hydrogen (secondary N) is 1. The molecule has 1 aliphatic carbocycles. The van der Waals surface area contributed by atoms with Crippen molar-refractivity contribution in [3.8, 4) is 17.2 Å². The summed E-state index contributed by atoms with van der Waals surface area (Å²) < 4.78 is 43.4. The Balaban J connectivity index is 1.75. The largest absolute Gasteiger partial charge is 0.507 e. The minimum Gasteiger partial charge on any atom is -0.507 e. The summed E-state index contributed by atoms with van der Waals surface area (Å²) in [4.78, 5) is 39.3. The van der Waals surface area contributed by atoms with Gasteiger partial charge in [-0.15, -0.1) is 0 Å². The van der Waals surface area contributed by atoms with Crippen LogP contribution >= 0.6 is 0 Å². The molecule has 0 amide bonds. The molecule has 0 spiro atoms. The average molecular weight is 596 g/mol. The Morgan fingerprint density at radius 2 is 1.37 bits per heavy atom. The van der Waals surface area contributed by atoms with Crippen molar-refractivity contribution < 1.29 is 42.9 Å². The molecule has 3 aromatic rings. The van der Waals surface area contributed by atoms with Gasteiger partial charge in [0, 0.05) is 5.69 Å². The highest BCUT2D eigenvalue weighted by Crippen LogP contribution is 2.45. The molecule has 0 atom stereocenters. The van der Waals surface area contributed by atoms with Crippen molar-refractivity contribution in [2.24, 2.45) is 0 Å². The van der Waals surface area contributed by atoms with Crippen LogP contribution in [0.25, 0.3) is 0 Å². The summed E-state index contributed by atoms with van der Waals surface area (Å²) in [7, 11) is 0. The lowest BCUT2D eigenvalue weighted by atomic mass is 9.82. The third kappa shape index (κ3) is 6.63. The Kier molecular flexibility index (Phi) is 10.3. The van der Waals surface area contributed by atoms with Crippen molar-refractivity contribution in [3.63, 3.8) is 0 Å². The second-order valence-corrected chi connectivity index (χ2v) is 10.4. The molecule has 10 heteroatoms. The van der Waals surface area contributed by atoms with Gasteiger partial charge in [0.25, 0.3) is 0 Å². The van der Waals surface area contributed by atoms with E-state index < -0.39 is 74.4 Å². The minimum absolute atomic E-state index is 0.00447. The number of rotatable bonds is 14. The Hall–Kier alpha value is -4.47. The van der Waals surface area contributed by atoms with E-state index in [1.54, 1.807) is 0 Å². The number of hydrogen-bond acceptors (Lipinski definition) is 8. The Morgan fingerprint density at radius 1 is 0.767 bits per heavy atom. The number of aromatic hydroxyl groups is 2. The maximum atomic E-state index is 16.3. The molecule has 0 bridgehead atoms. The molecule has 0 saturated heterocycles. The molecule has 0 aromatic heterocycles. The quantitative estimate of drug-likeness (QED) is 0.0774. The summed E-state index contributed by atoms with van der Waals surface area (Å²) in [6.45, 7) is 4.29. The molecule has 0 aliphatic heterocycles. The first-order valence-corrected chi connectivity index (χ1v) is 14.6. The van der Waals surface area contributed by atoms with Crippen LogP contribution < -0.4 is 10.1 Å². The number of phenols is 2. The van der Waals surface area contributed by atoms with Crippen molar-refractivity contribution in [2.45, 2.75) is 65.2 Å². The Morgan fingerprint density at radius 3 is 2.02 bits per heavy atom. The van der Waals surface area contributed by atoms with Crippen molar-refractivity contribution in [2.75, 3.05) is 18.5 Å². The monoisotopic (exact) mass is 595 g/mol. The zero-order valence-corrected chi connectivity index (χ0v) is 24.2. The van der Waals surface area contributed by atoms with Gasteiger partial charge < -0.3 is 25.0 Å². The van der Waals surface area contributed by atoms with Gasteiger partial charge >= 0.3 is 5.97 Å². The van der Waals surface area contributed by atoms with Gasteiger partial charge in [0.1, 0.15) is 17.2 Å². The van der Waals surface area contributed by atoms with E-state index in [1.807, 2.05) is 6.92 Å². The van der Waals surface area contributed by atoms with Gasteiger partial charge in [-0.25, -0.2) is 13.6 Å². The van der Waals surface area contributed by atoms with Gasteiger partial charge in [0.15, 0.2) is 17.4 Å². The minimum atomic E-state index is -1.29. The van der Waals surface area contributed by atoms with E-state index in [2.05, 4.69) is 12.2 Å². The van der Waals surface area contributed by atoms with Crippen LogP contribution in [-0.2, 0) is 4.74 Å². The van der Waals surface area contributed by atoms with Crippen molar-refractivity contribution in [1.82, 2.24) is 0 Å². The van der Waals surface area contributed by atoms with Crippen molar-refractivity contribution in [3.05, 3.63) is 75.8 Å². The molecule has 0 unspecified atom stereocenters. The van der Waals surface area contributed by atoms with E-state index in [0.29, 0.717) is 12.8 Å². The highest BCUT2D eigenvalue weighted by molar-refractivity contribution is 6.31. The first-order chi connectivity index (χ1) is 20.7. The molecular formula is C33H35F2NO7. The maximum Gasteiger partial charge on any atom is 0.338 e. The summed E-state index contributed by atoms with van der Waals surface area (Å²) in [5.74, 6) is -7.44. The number of fused-ring (bicyclic) bond motifs is 2. The number of anilines is 2. The first kappa shape index (κ1) is 31.5. The number of ether oxygens (including phenoxy) is 2. The molecule has 228 valence electrons. The number of esters is 1. The zero-order chi connectivity index (χ0) is 31.1. The third-order valence-corrected chi connectivity index (χ3v) is 7.25. The molecule has 1 aliphatic rings. The van der Waals surface area contributed by atoms with Crippen LogP contribution in [0.4, 0.5) is 20.2 Å². The van der Waals surface area contributed by atoms with Crippen LogP contribution in [0.1, 0.15) is 107 Å². The first-order valence-electron chi connectivity index (χ1n) is 14.6. The van der Waals surface area contributed by atoms with Crippen LogP contribution in [0.3, 0.4) is 0 Å². The van der Waals surface area contributed by atoms with E-state index in [4.69, 9.17) is 9.47 Å². The van der Waals surface area contributed by atoms with Gasteiger partial charge in [0.05, 0.1) is 41.0 Å². The molecule has 43 heavy (non-hydrogen) atoms. The predicted octanol–water partition coefficient (Wildman–Crippen LogP) is 7.59. The van der Waals surface area contributed by atoms with Gasteiger partial charge in [-0.2, -0.15) is 0 Å². The van der Waals surface area contributed by atoms with Gasteiger partial charge in [-0.1, -0.05) is 58.4 Å². The predicted molar refractivity (Wildman–Crippen MR) is 157 cm³/mol. The highest BCUT2D eigenvalue weighted by atomic mass is 19.1. The Labute approximate surface area is 248 Å². The van der Waals surface area contributed by atoms with E-state index in [-0.39, 0.29) is 24.5 Å².